The Balaban J connectivity index is 3.28. The van der Waals surface area contributed by atoms with E-state index in [0.717, 1.165) is 18.2 Å². The third-order valence-electron chi connectivity index (χ3n) is 1.78. The minimum atomic E-state index is -0.758. The lowest BCUT2D eigenvalue weighted by Crippen LogP contribution is -2.02. The van der Waals surface area contributed by atoms with E-state index >= 15 is 0 Å². The summed E-state index contributed by atoms with van der Waals surface area (Å²) in [5, 5.41) is 10.5. The van der Waals surface area contributed by atoms with E-state index < -0.39 is 16.4 Å². The Morgan fingerprint density at radius 1 is 1.57 bits per heavy atom. The molecule has 0 radical (unpaired) electrons. The average molecular weight is 197 g/mol. The number of carbonyl (C=O) groups excluding carboxylic acids is 1. The average Bonchev–Trinajstić information content (AvgIpc) is 2.16. The van der Waals surface area contributed by atoms with Gasteiger partial charge in [0.05, 0.1) is 16.6 Å². The molecule has 0 aliphatic rings. The number of Topliss-reactive ketones (excluding diaryl/α,β-unsaturated/α-hetero) is 1. The minimum Gasteiger partial charge on any atom is -0.294 e. The van der Waals surface area contributed by atoms with E-state index in [1.165, 1.54) is 0 Å². The highest BCUT2D eigenvalue weighted by Crippen LogP contribution is 2.20. The normalized spacial score (nSPS) is 9.86. The summed E-state index contributed by atoms with van der Waals surface area (Å²) in [6.07, 6.45) is 0.159. The van der Waals surface area contributed by atoms with E-state index in [4.69, 9.17) is 0 Å². The van der Waals surface area contributed by atoms with Crippen LogP contribution in [0.3, 0.4) is 0 Å². The van der Waals surface area contributed by atoms with Crippen LogP contribution in [0.5, 0.6) is 0 Å². The van der Waals surface area contributed by atoms with E-state index in [-0.39, 0.29) is 17.8 Å². The minimum absolute atomic E-state index is 0.0427. The van der Waals surface area contributed by atoms with Crippen LogP contribution < -0.4 is 0 Å². The van der Waals surface area contributed by atoms with Crippen molar-refractivity contribution < 1.29 is 14.1 Å². The predicted molar refractivity (Wildman–Crippen MR) is 47.7 cm³/mol. The second kappa shape index (κ2) is 3.95. The monoisotopic (exact) mass is 197 g/mol. The van der Waals surface area contributed by atoms with Crippen molar-refractivity contribution in [3.05, 3.63) is 39.7 Å². The van der Waals surface area contributed by atoms with Gasteiger partial charge in [-0.2, -0.15) is 0 Å². The van der Waals surface area contributed by atoms with Gasteiger partial charge in [0.1, 0.15) is 5.82 Å². The molecular formula is C9H8FNO3. The van der Waals surface area contributed by atoms with Crippen molar-refractivity contribution in [2.24, 2.45) is 0 Å². The van der Waals surface area contributed by atoms with Crippen LogP contribution >= 0.6 is 0 Å². The molecule has 0 N–H and O–H groups in total. The molecule has 1 aromatic carbocycles. The molecule has 5 heteroatoms. The highest BCUT2D eigenvalue weighted by atomic mass is 19.1. The number of nitro benzene ring substituents is 1. The fraction of sp³-hybridized carbons (Fsp3) is 0.222. The van der Waals surface area contributed by atoms with Gasteiger partial charge in [-0.1, -0.05) is 6.92 Å². The number of rotatable bonds is 3. The Morgan fingerprint density at radius 2 is 2.21 bits per heavy atom. The van der Waals surface area contributed by atoms with Gasteiger partial charge < -0.3 is 0 Å². The van der Waals surface area contributed by atoms with Crippen LogP contribution in [-0.2, 0) is 0 Å². The molecule has 74 valence electrons. The van der Waals surface area contributed by atoms with Crippen LogP contribution in [0.1, 0.15) is 23.7 Å². The number of carbonyl (C=O) groups is 1. The number of hydrogen-bond acceptors (Lipinski definition) is 3. The number of benzene rings is 1. The first-order valence-electron chi connectivity index (χ1n) is 4.03. The maximum Gasteiger partial charge on any atom is 0.283 e. The molecule has 0 saturated carbocycles. The number of halogens is 1. The number of nitro groups is 1. The standard InChI is InChI=1S/C9H8FNO3/c1-2-9(12)7-4-3-6(10)5-8(7)11(13)14/h3-5H,2H2,1H3. The molecule has 1 aromatic rings. The number of ketones is 1. The first-order chi connectivity index (χ1) is 6.56. The van der Waals surface area contributed by atoms with Gasteiger partial charge in [0.15, 0.2) is 5.78 Å². The van der Waals surface area contributed by atoms with Crippen LogP contribution in [0.2, 0.25) is 0 Å². The summed E-state index contributed by atoms with van der Waals surface area (Å²) in [7, 11) is 0. The molecule has 0 bridgehead atoms. The molecule has 0 atom stereocenters. The Kier molecular flexibility index (Phi) is 2.91. The zero-order chi connectivity index (χ0) is 10.7. The highest BCUT2D eigenvalue weighted by molar-refractivity contribution is 5.99. The van der Waals surface area contributed by atoms with E-state index in [9.17, 15) is 19.3 Å². The Hall–Kier alpha value is -1.78. The van der Waals surface area contributed by atoms with Crippen molar-refractivity contribution >= 4 is 11.5 Å². The quantitative estimate of drug-likeness (QED) is 0.424. The predicted octanol–water partition coefficient (Wildman–Crippen LogP) is 2.33. The van der Waals surface area contributed by atoms with Gasteiger partial charge in [0, 0.05) is 6.42 Å². The number of hydrogen-bond donors (Lipinski definition) is 0. The zero-order valence-electron chi connectivity index (χ0n) is 7.49. The highest BCUT2D eigenvalue weighted by Gasteiger charge is 2.19. The zero-order valence-corrected chi connectivity index (χ0v) is 7.49. The molecular weight excluding hydrogens is 189 g/mol. The third-order valence-corrected chi connectivity index (χ3v) is 1.78. The summed E-state index contributed by atoms with van der Waals surface area (Å²) in [6.45, 7) is 1.59. The van der Waals surface area contributed by atoms with E-state index in [1.54, 1.807) is 6.92 Å². The molecule has 0 spiro atoms. The van der Waals surface area contributed by atoms with Gasteiger partial charge in [-0.3, -0.25) is 14.9 Å². The molecule has 0 amide bonds. The fourth-order valence-electron chi connectivity index (χ4n) is 1.08. The molecule has 0 aromatic heterocycles. The lowest BCUT2D eigenvalue weighted by molar-refractivity contribution is -0.385. The van der Waals surface area contributed by atoms with Crippen molar-refractivity contribution in [2.45, 2.75) is 13.3 Å². The van der Waals surface area contributed by atoms with Gasteiger partial charge in [-0.05, 0) is 12.1 Å². The van der Waals surface area contributed by atoms with Gasteiger partial charge >= 0.3 is 0 Å². The molecule has 0 fully saturated rings. The van der Waals surface area contributed by atoms with Gasteiger partial charge in [0.25, 0.3) is 5.69 Å². The van der Waals surface area contributed by atoms with Gasteiger partial charge in [-0.25, -0.2) is 4.39 Å². The van der Waals surface area contributed by atoms with Crippen molar-refractivity contribution in [1.82, 2.24) is 0 Å². The van der Waals surface area contributed by atoms with Crippen LogP contribution in [0, 0.1) is 15.9 Å². The van der Waals surface area contributed by atoms with E-state index in [2.05, 4.69) is 0 Å². The summed E-state index contributed by atoms with van der Waals surface area (Å²) < 4.78 is 12.7. The Morgan fingerprint density at radius 3 is 2.71 bits per heavy atom. The van der Waals surface area contributed by atoms with Crippen molar-refractivity contribution in [3.63, 3.8) is 0 Å². The van der Waals surface area contributed by atoms with Crippen LogP contribution in [0.25, 0.3) is 0 Å². The smallest absolute Gasteiger partial charge is 0.283 e. The first kappa shape index (κ1) is 10.3. The summed E-state index contributed by atoms with van der Waals surface area (Å²) in [5.74, 6) is -1.08. The molecule has 0 aliphatic carbocycles. The lowest BCUT2D eigenvalue weighted by atomic mass is 10.1. The third kappa shape index (κ3) is 1.93. The maximum absolute atomic E-state index is 12.7. The van der Waals surface area contributed by atoms with Crippen molar-refractivity contribution in [2.75, 3.05) is 0 Å². The Bertz CT molecular complexity index is 390. The summed E-state index contributed by atoms with van der Waals surface area (Å²) in [5.41, 5.74) is -0.518. The summed E-state index contributed by atoms with van der Waals surface area (Å²) in [6, 6.07) is 2.93. The Labute approximate surface area is 79.5 Å². The molecule has 0 saturated heterocycles. The number of nitrogens with zero attached hydrogens (tertiary/aromatic N) is 1. The topological polar surface area (TPSA) is 60.2 Å². The second-order valence-electron chi connectivity index (χ2n) is 2.70. The fourth-order valence-corrected chi connectivity index (χ4v) is 1.08. The molecule has 1 rings (SSSR count). The maximum atomic E-state index is 12.7. The molecule has 0 heterocycles. The summed E-state index contributed by atoms with van der Waals surface area (Å²) >= 11 is 0. The van der Waals surface area contributed by atoms with Crippen LogP contribution in [0.4, 0.5) is 10.1 Å². The van der Waals surface area contributed by atoms with Gasteiger partial charge in [-0.15, -0.1) is 0 Å². The molecule has 0 unspecified atom stereocenters. The molecule has 4 nitrogen and oxygen atoms in total. The second-order valence-corrected chi connectivity index (χ2v) is 2.70. The molecule has 14 heavy (non-hydrogen) atoms. The SMILES string of the molecule is CCC(=O)c1ccc(F)cc1[N+](=O)[O-]. The summed E-state index contributed by atoms with van der Waals surface area (Å²) in [4.78, 5) is 20.9. The van der Waals surface area contributed by atoms with Crippen LogP contribution in [0.15, 0.2) is 18.2 Å². The first-order valence-corrected chi connectivity index (χ1v) is 4.03. The van der Waals surface area contributed by atoms with E-state index in [1.807, 2.05) is 0 Å². The lowest BCUT2D eigenvalue weighted by Gasteiger charge is -1.99. The van der Waals surface area contributed by atoms with Gasteiger partial charge in [0.2, 0.25) is 0 Å². The molecule has 0 aliphatic heterocycles. The van der Waals surface area contributed by atoms with Crippen molar-refractivity contribution in [1.29, 1.82) is 0 Å². The largest absolute Gasteiger partial charge is 0.294 e. The van der Waals surface area contributed by atoms with Crippen molar-refractivity contribution in [3.8, 4) is 0 Å². The van der Waals surface area contributed by atoms with E-state index in [0.29, 0.717) is 0 Å². The van der Waals surface area contributed by atoms with Crippen LogP contribution in [-0.4, -0.2) is 10.7 Å².